The zero-order valence-corrected chi connectivity index (χ0v) is 14.5. The standard InChI is InChI=1S/C16H16ClN3O3S/c1-20-7-6-11-12(8-20)24-14(13(11)15(21)22)19-16(23)18-10-4-2-9(17)3-5-10/h2-5H,6-8H2,1H3,(H,21,22)(H2,18,19,23). The first kappa shape index (κ1) is 16.8. The smallest absolute Gasteiger partial charge is 0.339 e. The zero-order chi connectivity index (χ0) is 17.3. The summed E-state index contributed by atoms with van der Waals surface area (Å²) in [5.41, 5.74) is 1.61. The van der Waals surface area contributed by atoms with Crippen LogP contribution >= 0.6 is 22.9 Å². The van der Waals surface area contributed by atoms with E-state index >= 15 is 0 Å². The number of carbonyl (C=O) groups excluding carboxylic acids is 1. The van der Waals surface area contributed by atoms with Crippen molar-refractivity contribution >= 4 is 45.6 Å². The van der Waals surface area contributed by atoms with Crippen LogP contribution in [0, 0.1) is 0 Å². The number of thiophene rings is 1. The van der Waals surface area contributed by atoms with Gasteiger partial charge in [0.25, 0.3) is 0 Å². The molecule has 1 aromatic carbocycles. The van der Waals surface area contributed by atoms with Gasteiger partial charge in [-0.1, -0.05) is 11.6 Å². The maximum Gasteiger partial charge on any atom is 0.339 e. The number of likely N-dealkylation sites (N-methyl/N-ethyl adjacent to an activating group) is 1. The van der Waals surface area contributed by atoms with Crippen LogP contribution in [0.4, 0.5) is 15.5 Å². The van der Waals surface area contributed by atoms with E-state index in [1.165, 1.54) is 11.3 Å². The topological polar surface area (TPSA) is 81.7 Å². The monoisotopic (exact) mass is 365 g/mol. The lowest BCUT2D eigenvalue weighted by Gasteiger charge is -2.22. The predicted octanol–water partition coefficient (Wildman–Crippen LogP) is 3.73. The van der Waals surface area contributed by atoms with Crippen molar-refractivity contribution in [2.24, 2.45) is 0 Å². The Bertz CT molecular complexity index is 789. The van der Waals surface area contributed by atoms with E-state index < -0.39 is 12.0 Å². The van der Waals surface area contributed by atoms with Crippen molar-refractivity contribution in [2.45, 2.75) is 13.0 Å². The van der Waals surface area contributed by atoms with E-state index in [4.69, 9.17) is 11.6 Å². The fourth-order valence-corrected chi connectivity index (χ4v) is 4.09. The summed E-state index contributed by atoms with van der Waals surface area (Å²) in [4.78, 5) is 26.9. The van der Waals surface area contributed by atoms with E-state index in [1.54, 1.807) is 24.3 Å². The van der Waals surface area contributed by atoms with Crippen molar-refractivity contribution < 1.29 is 14.7 Å². The molecule has 8 heteroatoms. The molecule has 0 bridgehead atoms. The summed E-state index contributed by atoms with van der Waals surface area (Å²) in [6, 6.07) is 6.20. The number of halogens is 1. The van der Waals surface area contributed by atoms with Crippen molar-refractivity contribution in [1.82, 2.24) is 4.90 Å². The molecule has 2 heterocycles. The minimum atomic E-state index is -1.01. The van der Waals surface area contributed by atoms with Crippen molar-refractivity contribution in [1.29, 1.82) is 0 Å². The Labute approximate surface area is 148 Å². The summed E-state index contributed by atoms with van der Waals surface area (Å²) in [5.74, 6) is -1.01. The molecule has 6 nitrogen and oxygen atoms in total. The fourth-order valence-electron chi connectivity index (χ4n) is 2.64. The number of aromatic carboxylic acids is 1. The average Bonchev–Trinajstić information content (AvgIpc) is 2.86. The first-order valence-corrected chi connectivity index (χ1v) is 8.53. The van der Waals surface area contributed by atoms with Crippen LogP contribution in [0.1, 0.15) is 20.8 Å². The number of hydrogen-bond acceptors (Lipinski definition) is 4. The number of fused-ring (bicyclic) bond motifs is 1. The minimum absolute atomic E-state index is 0.203. The third kappa shape index (κ3) is 3.53. The van der Waals surface area contributed by atoms with Crippen molar-refractivity contribution in [2.75, 3.05) is 24.2 Å². The highest BCUT2D eigenvalue weighted by atomic mass is 35.5. The molecule has 0 saturated carbocycles. The van der Waals surface area contributed by atoms with Gasteiger partial charge in [-0.3, -0.25) is 5.32 Å². The molecule has 2 amide bonds. The molecule has 0 fully saturated rings. The fraction of sp³-hybridized carbons (Fsp3) is 0.250. The molecule has 3 N–H and O–H groups in total. The molecule has 0 aliphatic carbocycles. The Hall–Kier alpha value is -2.09. The minimum Gasteiger partial charge on any atom is -0.478 e. The molecule has 3 rings (SSSR count). The number of nitrogens with zero attached hydrogens (tertiary/aromatic N) is 1. The van der Waals surface area contributed by atoms with Crippen LogP contribution < -0.4 is 10.6 Å². The maximum atomic E-state index is 12.2. The second-order valence-electron chi connectivity index (χ2n) is 5.59. The van der Waals surface area contributed by atoms with E-state index in [0.29, 0.717) is 28.7 Å². The maximum absolute atomic E-state index is 12.2. The van der Waals surface area contributed by atoms with Gasteiger partial charge in [0, 0.05) is 28.7 Å². The Morgan fingerprint density at radius 2 is 1.96 bits per heavy atom. The molecule has 0 spiro atoms. The first-order valence-electron chi connectivity index (χ1n) is 7.34. The highest BCUT2D eigenvalue weighted by molar-refractivity contribution is 7.17. The summed E-state index contributed by atoms with van der Waals surface area (Å²) in [6.45, 7) is 1.50. The molecule has 1 aromatic heterocycles. The lowest BCUT2D eigenvalue weighted by Crippen LogP contribution is -2.26. The third-order valence-corrected chi connectivity index (χ3v) is 5.17. The van der Waals surface area contributed by atoms with Crippen LogP contribution in [0.2, 0.25) is 5.02 Å². The molecule has 0 saturated heterocycles. The quantitative estimate of drug-likeness (QED) is 0.774. The first-order chi connectivity index (χ1) is 11.4. The van der Waals surface area contributed by atoms with Gasteiger partial charge >= 0.3 is 12.0 Å². The third-order valence-electron chi connectivity index (χ3n) is 3.79. The zero-order valence-electron chi connectivity index (χ0n) is 12.9. The summed E-state index contributed by atoms with van der Waals surface area (Å²) < 4.78 is 0. The number of benzene rings is 1. The van der Waals surface area contributed by atoms with Gasteiger partial charge in [0.15, 0.2) is 0 Å². The molecule has 0 unspecified atom stereocenters. The number of carbonyl (C=O) groups is 2. The average molecular weight is 366 g/mol. The van der Waals surface area contributed by atoms with Gasteiger partial charge in [-0.25, -0.2) is 9.59 Å². The Morgan fingerprint density at radius 3 is 2.62 bits per heavy atom. The van der Waals surface area contributed by atoms with E-state index in [2.05, 4.69) is 15.5 Å². The molecular formula is C16H16ClN3O3S. The van der Waals surface area contributed by atoms with Gasteiger partial charge in [0.2, 0.25) is 0 Å². The summed E-state index contributed by atoms with van der Waals surface area (Å²) in [7, 11) is 1.99. The Kier molecular flexibility index (Phi) is 4.75. The van der Waals surface area contributed by atoms with Crippen LogP contribution in [0.25, 0.3) is 0 Å². The highest BCUT2D eigenvalue weighted by Gasteiger charge is 2.27. The number of hydrogen-bond donors (Lipinski definition) is 3. The lowest BCUT2D eigenvalue weighted by atomic mass is 10.0. The predicted molar refractivity (Wildman–Crippen MR) is 95.4 cm³/mol. The Balaban J connectivity index is 1.80. The number of nitrogens with one attached hydrogen (secondary N) is 2. The van der Waals surface area contributed by atoms with Gasteiger partial charge in [-0.2, -0.15) is 0 Å². The number of rotatable bonds is 3. The molecular weight excluding hydrogens is 350 g/mol. The normalized spacial score (nSPS) is 14.1. The van der Waals surface area contributed by atoms with E-state index in [9.17, 15) is 14.7 Å². The van der Waals surface area contributed by atoms with Gasteiger partial charge < -0.3 is 15.3 Å². The molecule has 24 heavy (non-hydrogen) atoms. The van der Waals surface area contributed by atoms with Crippen LogP contribution in [-0.4, -0.2) is 35.6 Å². The molecule has 1 aliphatic heterocycles. The largest absolute Gasteiger partial charge is 0.478 e. The second-order valence-corrected chi connectivity index (χ2v) is 7.13. The van der Waals surface area contributed by atoms with Gasteiger partial charge in [-0.15, -0.1) is 11.3 Å². The number of anilines is 2. The molecule has 0 atom stereocenters. The van der Waals surface area contributed by atoms with E-state index in [-0.39, 0.29) is 5.56 Å². The second kappa shape index (κ2) is 6.80. The molecule has 126 valence electrons. The van der Waals surface area contributed by atoms with Crippen LogP contribution in [0.3, 0.4) is 0 Å². The van der Waals surface area contributed by atoms with Crippen molar-refractivity contribution in [3.63, 3.8) is 0 Å². The van der Waals surface area contributed by atoms with E-state index in [1.807, 2.05) is 7.05 Å². The molecule has 0 radical (unpaired) electrons. The van der Waals surface area contributed by atoms with Crippen molar-refractivity contribution in [3.05, 3.63) is 45.3 Å². The number of carboxylic acid groups (broad SMARTS) is 1. The lowest BCUT2D eigenvalue weighted by molar-refractivity contribution is 0.0696. The SMILES string of the molecule is CN1CCc2c(sc(NC(=O)Nc3ccc(Cl)cc3)c2C(=O)O)C1. The van der Waals surface area contributed by atoms with Crippen LogP contribution in [0.15, 0.2) is 24.3 Å². The number of amides is 2. The van der Waals surface area contributed by atoms with Crippen LogP contribution in [-0.2, 0) is 13.0 Å². The molecule has 1 aliphatic rings. The van der Waals surface area contributed by atoms with Gasteiger partial charge in [0.05, 0.1) is 5.56 Å². The number of urea groups is 1. The summed E-state index contributed by atoms with van der Waals surface area (Å²) >= 11 is 7.13. The Morgan fingerprint density at radius 1 is 1.25 bits per heavy atom. The van der Waals surface area contributed by atoms with E-state index in [0.717, 1.165) is 17.0 Å². The molecule has 2 aromatic rings. The van der Waals surface area contributed by atoms with Gasteiger partial charge in [0.1, 0.15) is 5.00 Å². The summed E-state index contributed by atoms with van der Waals surface area (Å²) in [5, 5.41) is 15.8. The van der Waals surface area contributed by atoms with Crippen LogP contribution in [0.5, 0.6) is 0 Å². The summed E-state index contributed by atoms with van der Waals surface area (Å²) in [6.07, 6.45) is 0.671. The van der Waals surface area contributed by atoms with Crippen molar-refractivity contribution in [3.8, 4) is 0 Å². The van der Waals surface area contributed by atoms with Gasteiger partial charge in [-0.05, 0) is 43.3 Å². The highest BCUT2D eigenvalue weighted by Crippen LogP contribution is 2.36. The number of carboxylic acids is 1.